The second-order valence-corrected chi connectivity index (χ2v) is 7.03. The molecule has 128 valence electrons. The quantitative estimate of drug-likeness (QED) is 0.858. The van der Waals surface area contributed by atoms with Gasteiger partial charge in [0.25, 0.3) is 0 Å². The summed E-state index contributed by atoms with van der Waals surface area (Å²) in [7, 11) is 0. The molecule has 2 aliphatic rings. The van der Waals surface area contributed by atoms with Gasteiger partial charge < -0.3 is 4.90 Å². The standard InChI is InChI=1S/C20H27N3O/c1-2-22-13-7-6-10-18(22)19(24)23-14-11-20(16-21,12-15-23)17-8-4-3-5-9-17/h3-5,8-9,18H,2,6-7,10-15H2,1H3/t18-/m0/s1. The Kier molecular flexibility index (Phi) is 5.20. The van der Waals surface area contributed by atoms with Crippen molar-refractivity contribution in [2.24, 2.45) is 0 Å². The van der Waals surface area contributed by atoms with Gasteiger partial charge in [-0.3, -0.25) is 9.69 Å². The van der Waals surface area contributed by atoms with Gasteiger partial charge in [-0.15, -0.1) is 0 Å². The van der Waals surface area contributed by atoms with Gasteiger partial charge in [-0.25, -0.2) is 0 Å². The third-order valence-corrected chi connectivity index (χ3v) is 5.77. The van der Waals surface area contributed by atoms with Crippen LogP contribution in [0.25, 0.3) is 0 Å². The summed E-state index contributed by atoms with van der Waals surface area (Å²) in [6, 6.07) is 12.6. The predicted octanol–water partition coefficient (Wildman–Crippen LogP) is 2.94. The predicted molar refractivity (Wildman–Crippen MR) is 94.4 cm³/mol. The Hall–Kier alpha value is -1.86. The Morgan fingerprint density at radius 2 is 1.92 bits per heavy atom. The van der Waals surface area contributed by atoms with Crippen molar-refractivity contribution < 1.29 is 4.79 Å². The van der Waals surface area contributed by atoms with E-state index in [1.165, 1.54) is 6.42 Å². The zero-order chi connectivity index (χ0) is 17.0. The molecule has 0 unspecified atom stereocenters. The number of hydrogen-bond donors (Lipinski definition) is 0. The van der Waals surface area contributed by atoms with Crippen LogP contribution in [0.5, 0.6) is 0 Å². The number of amides is 1. The van der Waals surface area contributed by atoms with Crippen LogP contribution < -0.4 is 0 Å². The maximum Gasteiger partial charge on any atom is 0.239 e. The summed E-state index contributed by atoms with van der Waals surface area (Å²) in [5.41, 5.74) is 0.655. The molecular formula is C20H27N3O. The summed E-state index contributed by atoms with van der Waals surface area (Å²) >= 11 is 0. The van der Waals surface area contributed by atoms with Crippen LogP contribution in [0.2, 0.25) is 0 Å². The number of piperidine rings is 2. The van der Waals surface area contributed by atoms with Crippen molar-refractivity contribution in [2.45, 2.75) is 50.5 Å². The van der Waals surface area contributed by atoms with E-state index in [4.69, 9.17) is 0 Å². The molecule has 2 saturated heterocycles. The van der Waals surface area contributed by atoms with Gasteiger partial charge in [0, 0.05) is 13.1 Å². The van der Waals surface area contributed by atoms with Gasteiger partial charge in [0.05, 0.1) is 17.5 Å². The molecule has 1 atom stereocenters. The van der Waals surface area contributed by atoms with Crippen LogP contribution in [0.3, 0.4) is 0 Å². The lowest BCUT2D eigenvalue weighted by atomic mass is 9.74. The Morgan fingerprint density at radius 1 is 1.21 bits per heavy atom. The summed E-state index contributed by atoms with van der Waals surface area (Å²) in [5, 5.41) is 9.79. The SMILES string of the molecule is CCN1CCCC[C@H]1C(=O)N1CCC(C#N)(c2ccccc2)CC1. The molecule has 0 radical (unpaired) electrons. The second kappa shape index (κ2) is 7.36. The van der Waals surface area contributed by atoms with Gasteiger partial charge in [-0.2, -0.15) is 5.26 Å². The van der Waals surface area contributed by atoms with Crippen LogP contribution in [-0.2, 0) is 10.2 Å². The molecule has 0 saturated carbocycles. The van der Waals surface area contributed by atoms with Gasteiger partial charge in [0.2, 0.25) is 5.91 Å². The number of carbonyl (C=O) groups is 1. The van der Waals surface area contributed by atoms with Gasteiger partial charge in [0.1, 0.15) is 0 Å². The highest BCUT2D eigenvalue weighted by Crippen LogP contribution is 2.35. The smallest absolute Gasteiger partial charge is 0.239 e. The summed E-state index contributed by atoms with van der Waals surface area (Å²) in [5.74, 6) is 0.274. The van der Waals surface area contributed by atoms with E-state index in [2.05, 4.69) is 17.9 Å². The molecule has 4 heteroatoms. The average Bonchev–Trinajstić information content (AvgIpc) is 2.68. The van der Waals surface area contributed by atoms with Crippen molar-refractivity contribution >= 4 is 5.91 Å². The maximum atomic E-state index is 13.0. The second-order valence-electron chi connectivity index (χ2n) is 7.03. The molecule has 1 amide bonds. The van der Waals surface area contributed by atoms with Gasteiger partial charge in [-0.05, 0) is 44.3 Å². The largest absolute Gasteiger partial charge is 0.341 e. The first-order valence-electron chi connectivity index (χ1n) is 9.20. The fourth-order valence-electron chi connectivity index (χ4n) is 4.19. The molecule has 1 aromatic carbocycles. The average molecular weight is 325 g/mol. The number of benzene rings is 1. The fourth-order valence-corrected chi connectivity index (χ4v) is 4.19. The van der Waals surface area contributed by atoms with Crippen LogP contribution in [0.1, 0.15) is 44.6 Å². The lowest BCUT2D eigenvalue weighted by Gasteiger charge is -2.42. The van der Waals surface area contributed by atoms with Crippen molar-refractivity contribution in [1.29, 1.82) is 5.26 Å². The molecule has 0 aliphatic carbocycles. The molecule has 0 bridgehead atoms. The minimum absolute atomic E-state index is 0.0510. The molecule has 4 nitrogen and oxygen atoms in total. The van der Waals surface area contributed by atoms with Crippen LogP contribution in [-0.4, -0.2) is 47.9 Å². The van der Waals surface area contributed by atoms with Gasteiger partial charge in [0.15, 0.2) is 0 Å². The van der Waals surface area contributed by atoms with Gasteiger partial charge in [-0.1, -0.05) is 43.7 Å². The molecule has 0 N–H and O–H groups in total. The molecule has 3 rings (SSSR count). The molecule has 24 heavy (non-hydrogen) atoms. The first kappa shape index (κ1) is 17.0. The van der Waals surface area contributed by atoms with Crippen LogP contribution in [0.4, 0.5) is 0 Å². The molecular weight excluding hydrogens is 298 g/mol. The Morgan fingerprint density at radius 3 is 2.54 bits per heavy atom. The minimum atomic E-state index is -0.435. The van der Waals surface area contributed by atoms with E-state index in [1.807, 2.05) is 35.2 Å². The van der Waals surface area contributed by atoms with E-state index >= 15 is 0 Å². The molecule has 2 aliphatic heterocycles. The Bertz CT molecular complexity index is 599. The number of likely N-dealkylation sites (N-methyl/N-ethyl adjacent to an activating group) is 1. The van der Waals surface area contributed by atoms with E-state index in [0.29, 0.717) is 13.1 Å². The third kappa shape index (κ3) is 3.18. The number of nitrogens with zero attached hydrogens (tertiary/aromatic N) is 3. The fraction of sp³-hybridized carbons (Fsp3) is 0.600. The lowest BCUT2D eigenvalue weighted by molar-refractivity contribution is -0.139. The molecule has 2 heterocycles. The number of carbonyl (C=O) groups excluding carboxylic acids is 1. The van der Waals surface area contributed by atoms with Crippen LogP contribution >= 0.6 is 0 Å². The third-order valence-electron chi connectivity index (χ3n) is 5.77. The van der Waals surface area contributed by atoms with Crippen LogP contribution in [0.15, 0.2) is 30.3 Å². The van der Waals surface area contributed by atoms with E-state index in [1.54, 1.807) is 0 Å². The normalized spacial score (nSPS) is 24.3. The Balaban J connectivity index is 1.68. The lowest BCUT2D eigenvalue weighted by Crippen LogP contribution is -2.54. The maximum absolute atomic E-state index is 13.0. The van der Waals surface area contributed by atoms with Crippen LogP contribution in [0, 0.1) is 11.3 Å². The first-order valence-corrected chi connectivity index (χ1v) is 9.20. The van der Waals surface area contributed by atoms with Crippen molar-refractivity contribution in [1.82, 2.24) is 9.80 Å². The highest BCUT2D eigenvalue weighted by atomic mass is 16.2. The number of rotatable bonds is 3. The summed E-state index contributed by atoms with van der Waals surface area (Å²) < 4.78 is 0. The topological polar surface area (TPSA) is 47.3 Å². The van der Waals surface area contributed by atoms with E-state index < -0.39 is 5.41 Å². The zero-order valence-electron chi connectivity index (χ0n) is 14.6. The van der Waals surface area contributed by atoms with Gasteiger partial charge >= 0.3 is 0 Å². The highest BCUT2D eigenvalue weighted by Gasteiger charge is 2.39. The number of likely N-dealkylation sites (tertiary alicyclic amines) is 2. The molecule has 0 aromatic heterocycles. The zero-order valence-corrected chi connectivity index (χ0v) is 14.6. The first-order chi connectivity index (χ1) is 11.7. The number of hydrogen-bond acceptors (Lipinski definition) is 3. The summed E-state index contributed by atoms with van der Waals surface area (Å²) in [6.07, 6.45) is 4.79. The summed E-state index contributed by atoms with van der Waals surface area (Å²) in [4.78, 5) is 17.3. The Labute approximate surface area is 145 Å². The van der Waals surface area contributed by atoms with Crippen molar-refractivity contribution in [3.05, 3.63) is 35.9 Å². The monoisotopic (exact) mass is 325 g/mol. The van der Waals surface area contributed by atoms with Crippen molar-refractivity contribution in [3.8, 4) is 6.07 Å². The highest BCUT2D eigenvalue weighted by molar-refractivity contribution is 5.82. The van der Waals surface area contributed by atoms with Crippen molar-refractivity contribution in [2.75, 3.05) is 26.2 Å². The summed E-state index contributed by atoms with van der Waals surface area (Å²) in [6.45, 7) is 5.49. The van der Waals surface area contributed by atoms with E-state index in [-0.39, 0.29) is 11.9 Å². The molecule has 2 fully saturated rings. The van der Waals surface area contributed by atoms with Crippen molar-refractivity contribution in [3.63, 3.8) is 0 Å². The van der Waals surface area contributed by atoms with E-state index in [0.717, 1.165) is 44.3 Å². The van der Waals surface area contributed by atoms with E-state index in [9.17, 15) is 10.1 Å². The molecule has 0 spiro atoms. The number of nitriles is 1. The molecule has 1 aromatic rings. The minimum Gasteiger partial charge on any atom is -0.341 e.